The molecule has 0 aromatic carbocycles. The normalized spacial score (nSPS) is 12.1. The molecule has 0 saturated carbocycles. The van der Waals surface area contributed by atoms with Crippen LogP contribution in [0.25, 0.3) is 6.08 Å². The Labute approximate surface area is 75.5 Å². The van der Waals surface area contributed by atoms with Crippen LogP contribution in [-0.4, -0.2) is 6.54 Å². The van der Waals surface area contributed by atoms with E-state index in [2.05, 4.69) is 0 Å². The molecular weight excluding hydrogens is 178 g/mol. The lowest BCUT2D eigenvalue weighted by Crippen LogP contribution is -1.98. The molecule has 3 heteroatoms. The fraction of sp³-hybridized carbons (Fsp3) is 0.250. The lowest BCUT2D eigenvalue weighted by Gasteiger charge is -1.93. The minimum atomic E-state index is 0.589. The topological polar surface area (TPSA) is 26.0 Å². The third-order valence-electron chi connectivity index (χ3n) is 1.37. The van der Waals surface area contributed by atoms with Crippen molar-refractivity contribution in [1.82, 2.24) is 0 Å². The molecular formula is C8H10ClNS. The van der Waals surface area contributed by atoms with Crippen LogP contribution in [0.2, 0.25) is 4.34 Å². The summed E-state index contributed by atoms with van der Waals surface area (Å²) in [4.78, 5) is 0. The van der Waals surface area contributed by atoms with Gasteiger partial charge in [0.2, 0.25) is 0 Å². The van der Waals surface area contributed by atoms with Crippen LogP contribution >= 0.6 is 22.9 Å². The summed E-state index contributed by atoms with van der Waals surface area (Å²) < 4.78 is 0.831. The first-order chi connectivity index (χ1) is 5.24. The maximum Gasteiger partial charge on any atom is 0.100 e. The predicted molar refractivity (Wildman–Crippen MR) is 52.0 cm³/mol. The van der Waals surface area contributed by atoms with Crippen molar-refractivity contribution in [3.63, 3.8) is 0 Å². The molecule has 1 aromatic heterocycles. The van der Waals surface area contributed by atoms with Crippen molar-refractivity contribution in [3.8, 4) is 0 Å². The Balaban J connectivity index is 2.86. The zero-order valence-electron chi connectivity index (χ0n) is 6.30. The molecule has 0 aliphatic heterocycles. The summed E-state index contributed by atoms with van der Waals surface area (Å²) in [5.41, 5.74) is 7.64. The van der Waals surface area contributed by atoms with E-state index in [1.54, 1.807) is 0 Å². The number of hydrogen-bond acceptors (Lipinski definition) is 2. The molecule has 0 aliphatic carbocycles. The second-order valence-electron chi connectivity index (χ2n) is 2.34. The lowest BCUT2D eigenvalue weighted by molar-refractivity contribution is 1.15. The lowest BCUT2D eigenvalue weighted by atomic mass is 10.2. The molecule has 2 N–H and O–H groups in total. The van der Waals surface area contributed by atoms with Gasteiger partial charge < -0.3 is 5.73 Å². The molecule has 1 heterocycles. The average Bonchev–Trinajstić information content (AvgIpc) is 2.37. The van der Waals surface area contributed by atoms with Gasteiger partial charge >= 0.3 is 0 Å². The average molecular weight is 188 g/mol. The van der Waals surface area contributed by atoms with Crippen LogP contribution in [0.5, 0.6) is 0 Å². The number of hydrogen-bond donors (Lipinski definition) is 1. The van der Waals surface area contributed by atoms with E-state index in [-0.39, 0.29) is 0 Å². The molecule has 0 unspecified atom stereocenters. The number of halogens is 1. The first-order valence-corrected chi connectivity index (χ1v) is 4.60. The van der Waals surface area contributed by atoms with Gasteiger partial charge in [-0.3, -0.25) is 0 Å². The van der Waals surface area contributed by atoms with Crippen LogP contribution < -0.4 is 5.73 Å². The summed E-state index contributed by atoms with van der Waals surface area (Å²) in [6, 6.07) is 1.99. The van der Waals surface area contributed by atoms with Gasteiger partial charge in [-0.05, 0) is 18.4 Å². The van der Waals surface area contributed by atoms with Crippen molar-refractivity contribution < 1.29 is 0 Å². The van der Waals surface area contributed by atoms with Gasteiger partial charge in [-0.25, -0.2) is 0 Å². The van der Waals surface area contributed by atoms with Crippen LogP contribution in [0.15, 0.2) is 17.0 Å². The van der Waals surface area contributed by atoms with E-state index in [0.717, 1.165) is 15.5 Å². The van der Waals surface area contributed by atoms with E-state index in [9.17, 15) is 0 Å². The van der Waals surface area contributed by atoms with Gasteiger partial charge in [0.05, 0.1) is 0 Å². The highest BCUT2D eigenvalue weighted by molar-refractivity contribution is 7.14. The molecule has 0 aliphatic rings. The second-order valence-corrected chi connectivity index (χ2v) is 3.86. The van der Waals surface area contributed by atoms with Crippen LogP contribution in [0.3, 0.4) is 0 Å². The van der Waals surface area contributed by atoms with Crippen molar-refractivity contribution in [1.29, 1.82) is 0 Å². The molecule has 1 rings (SSSR count). The SMILES string of the molecule is C/C(=C/c1ccsc1Cl)CN. The quantitative estimate of drug-likeness (QED) is 0.757. The summed E-state index contributed by atoms with van der Waals surface area (Å²) in [7, 11) is 0. The van der Waals surface area contributed by atoms with E-state index in [0.29, 0.717) is 6.54 Å². The van der Waals surface area contributed by atoms with Gasteiger partial charge in [-0.15, -0.1) is 11.3 Å². The Morgan fingerprint density at radius 3 is 3.00 bits per heavy atom. The molecule has 0 amide bonds. The molecule has 1 nitrogen and oxygen atoms in total. The molecule has 0 bridgehead atoms. The highest BCUT2D eigenvalue weighted by atomic mass is 35.5. The smallest absolute Gasteiger partial charge is 0.100 e. The molecule has 11 heavy (non-hydrogen) atoms. The minimum absolute atomic E-state index is 0.589. The summed E-state index contributed by atoms with van der Waals surface area (Å²) in [6.45, 7) is 2.58. The molecule has 0 radical (unpaired) electrons. The van der Waals surface area contributed by atoms with Gasteiger partial charge in [-0.2, -0.15) is 0 Å². The highest BCUT2D eigenvalue weighted by Crippen LogP contribution is 2.24. The van der Waals surface area contributed by atoms with E-state index in [1.165, 1.54) is 11.3 Å². The van der Waals surface area contributed by atoms with Crippen molar-refractivity contribution in [2.24, 2.45) is 5.73 Å². The van der Waals surface area contributed by atoms with E-state index in [1.807, 2.05) is 24.4 Å². The van der Waals surface area contributed by atoms with Gasteiger partial charge in [0, 0.05) is 12.1 Å². The number of nitrogens with two attached hydrogens (primary N) is 1. The third-order valence-corrected chi connectivity index (χ3v) is 2.57. The second kappa shape index (κ2) is 3.90. The molecule has 0 spiro atoms. The van der Waals surface area contributed by atoms with Crippen LogP contribution in [0, 0.1) is 0 Å². The van der Waals surface area contributed by atoms with Gasteiger partial charge in [0.1, 0.15) is 4.34 Å². The number of rotatable bonds is 2. The predicted octanol–water partition coefficient (Wildman–Crippen LogP) is 2.76. The Bertz CT molecular complexity index is 265. The largest absolute Gasteiger partial charge is 0.327 e. The van der Waals surface area contributed by atoms with E-state index < -0.39 is 0 Å². The van der Waals surface area contributed by atoms with Gasteiger partial charge in [-0.1, -0.05) is 23.3 Å². The van der Waals surface area contributed by atoms with Crippen molar-refractivity contribution in [2.75, 3.05) is 6.54 Å². The molecule has 60 valence electrons. The van der Waals surface area contributed by atoms with Crippen molar-refractivity contribution in [2.45, 2.75) is 6.92 Å². The van der Waals surface area contributed by atoms with E-state index >= 15 is 0 Å². The number of thiophene rings is 1. The van der Waals surface area contributed by atoms with Crippen LogP contribution in [0.1, 0.15) is 12.5 Å². The Morgan fingerprint density at radius 1 is 1.82 bits per heavy atom. The Kier molecular flexibility index (Phi) is 3.12. The maximum absolute atomic E-state index is 5.87. The van der Waals surface area contributed by atoms with Gasteiger partial charge in [0.15, 0.2) is 0 Å². The maximum atomic E-state index is 5.87. The molecule has 1 aromatic rings. The zero-order valence-corrected chi connectivity index (χ0v) is 7.88. The fourth-order valence-electron chi connectivity index (χ4n) is 0.730. The molecule has 0 saturated heterocycles. The standard InChI is InChI=1S/C8H10ClNS/c1-6(5-10)4-7-2-3-11-8(7)9/h2-4H,5,10H2,1H3/b6-4-. The third kappa shape index (κ3) is 2.33. The van der Waals surface area contributed by atoms with Crippen LogP contribution in [0.4, 0.5) is 0 Å². The summed E-state index contributed by atoms with van der Waals surface area (Å²) in [5, 5.41) is 1.97. The summed E-state index contributed by atoms with van der Waals surface area (Å²) in [5.74, 6) is 0. The van der Waals surface area contributed by atoms with Crippen molar-refractivity contribution in [3.05, 3.63) is 26.9 Å². The summed E-state index contributed by atoms with van der Waals surface area (Å²) in [6.07, 6.45) is 2.01. The molecule has 0 fully saturated rings. The first-order valence-electron chi connectivity index (χ1n) is 3.34. The highest BCUT2D eigenvalue weighted by Gasteiger charge is 1.96. The monoisotopic (exact) mass is 187 g/mol. The fourth-order valence-corrected chi connectivity index (χ4v) is 1.60. The Hall–Kier alpha value is -0.310. The Morgan fingerprint density at radius 2 is 2.55 bits per heavy atom. The van der Waals surface area contributed by atoms with Crippen molar-refractivity contribution >= 4 is 29.0 Å². The minimum Gasteiger partial charge on any atom is -0.327 e. The van der Waals surface area contributed by atoms with Gasteiger partial charge in [0.25, 0.3) is 0 Å². The van der Waals surface area contributed by atoms with E-state index in [4.69, 9.17) is 17.3 Å². The molecule has 0 atom stereocenters. The summed E-state index contributed by atoms with van der Waals surface area (Å²) >= 11 is 7.41. The first kappa shape index (κ1) is 8.78. The zero-order chi connectivity index (χ0) is 8.27. The van der Waals surface area contributed by atoms with Crippen LogP contribution in [-0.2, 0) is 0 Å².